The van der Waals surface area contributed by atoms with E-state index in [1.165, 1.54) is 0 Å². The second-order valence-electron chi connectivity index (χ2n) is 7.78. The number of nitrogens with one attached hydrogen (secondary N) is 1. The molecule has 1 aromatic rings. The normalized spacial score (nSPS) is 22.0. The lowest BCUT2D eigenvalue weighted by Crippen LogP contribution is -2.40. The predicted molar refractivity (Wildman–Crippen MR) is 101 cm³/mol. The first-order chi connectivity index (χ1) is 12.3. The maximum atomic E-state index is 13.3. The highest BCUT2D eigenvalue weighted by atomic mass is 16.5. The Kier molecular flexibility index (Phi) is 4.78. The molecule has 1 aliphatic carbocycles. The fourth-order valence-electron chi connectivity index (χ4n) is 3.98. The maximum Gasteiger partial charge on any atom is 0.336 e. The molecule has 0 saturated carbocycles. The molecule has 26 heavy (non-hydrogen) atoms. The third kappa shape index (κ3) is 2.98. The molecule has 1 aliphatic heterocycles. The Morgan fingerprint density at radius 3 is 2.62 bits per heavy atom. The molecule has 0 bridgehead atoms. The van der Waals surface area contributed by atoms with Crippen LogP contribution in [0.5, 0.6) is 0 Å². The van der Waals surface area contributed by atoms with Crippen LogP contribution in [0.2, 0.25) is 0 Å². The molecular weight excluding hydrogens is 326 g/mol. The summed E-state index contributed by atoms with van der Waals surface area (Å²) in [6.45, 7) is 10.0. The second kappa shape index (κ2) is 6.75. The average Bonchev–Trinajstić information content (AvgIpc) is 2.58. The number of esters is 1. The molecule has 1 atom stereocenters. The predicted octanol–water partition coefficient (Wildman–Crippen LogP) is 4.16. The summed E-state index contributed by atoms with van der Waals surface area (Å²) >= 11 is 0. The van der Waals surface area contributed by atoms with Crippen LogP contribution in [0.15, 0.2) is 46.8 Å². The number of hydrogen-bond donors (Lipinski definition) is 1. The van der Waals surface area contributed by atoms with Gasteiger partial charge in [0.2, 0.25) is 0 Å². The van der Waals surface area contributed by atoms with Gasteiger partial charge in [0.05, 0.1) is 12.2 Å². The third-order valence-electron chi connectivity index (χ3n) is 5.50. The number of benzene rings is 1. The van der Waals surface area contributed by atoms with Crippen molar-refractivity contribution >= 4 is 11.8 Å². The van der Waals surface area contributed by atoms with Gasteiger partial charge in [-0.1, -0.05) is 38.1 Å². The number of ether oxygens (including phenoxy) is 1. The molecule has 138 valence electrons. The van der Waals surface area contributed by atoms with Gasteiger partial charge in [-0.25, -0.2) is 4.79 Å². The Balaban J connectivity index is 2.23. The van der Waals surface area contributed by atoms with Gasteiger partial charge in [-0.05, 0) is 44.7 Å². The van der Waals surface area contributed by atoms with Gasteiger partial charge in [-0.15, -0.1) is 0 Å². The van der Waals surface area contributed by atoms with Crippen LogP contribution in [0.25, 0.3) is 0 Å². The highest BCUT2D eigenvalue weighted by molar-refractivity contribution is 6.06. The minimum atomic E-state index is -0.424. The van der Waals surface area contributed by atoms with E-state index in [1.54, 1.807) is 6.92 Å². The topological polar surface area (TPSA) is 55.4 Å². The maximum absolute atomic E-state index is 13.3. The molecule has 1 N–H and O–H groups in total. The van der Waals surface area contributed by atoms with Gasteiger partial charge in [-0.3, -0.25) is 4.79 Å². The molecule has 4 heteroatoms. The van der Waals surface area contributed by atoms with Crippen molar-refractivity contribution < 1.29 is 14.3 Å². The Morgan fingerprint density at radius 1 is 1.27 bits per heavy atom. The van der Waals surface area contributed by atoms with E-state index in [4.69, 9.17) is 4.74 Å². The first-order valence-electron chi connectivity index (χ1n) is 9.26. The largest absolute Gasteiger partial charge is 0.463 e. The van der Waals surface area contributed by atoms with Gasteiger partial charge in [0.25, 0.3) is 0 Å². The van der Waals surface area contributed by atoms with E-state index in [1.807, 2.05) is 52.0 Å². The molecule has 0 spiro atoms. The van der Waals surface area contributed by atoms with Crippen LogP contribution in [0, 0.1) is 12.3 Å². The van der Waals surface area contributed by atoms with Crippen molar-refractivity contribution in [1.82, 2.24) is 5.32 Å². The van der Waals surface area contributed by atoms with Crippen molar-refractivity contribution in [3.8, 4) is 0 Å². The fraction of sp³-hybridized carbons (Fsp3) is 0.455. The summed E-state index contributed by atoms with van der Waals surface area (Å²) in [7, 11) is 0. The van der Waals surface area contributed by atoms with Crippen LogP contribution in [0.3, 0.4) is 0 Å². The summed E-state index contributed by atoms with van der Waals surface area (Å²) in [5, 5.41) is 3.33. The lowest BCUT2D eigenvalue weighted by molar-refractivity contribution is -0.138. The molecular formula is C22H27NO3. The number of allylic oxidation sites excluding steroid dienone is 3. The number of carbonyl (C=O) groups excluding carboxylic acids is 2. The Morgan fingerprint density at radius 2 is 1.96 bits per heavy atom. The molecule has 0 fully saturated rings. The van der Waals surface area contributed by atoms with E-state index < -0.39 is 5.41 Å². The monoisotopic (exact) mass is 353 g/mol. The number of Topliss-reactive ketones (excluding diaryl/α,β-unsaturated/α-hetero) is 1. The van der Waals surface area contributed by atoms with Crippen LogP contribution in [-0.4, -0.2) is 18.4 Å². The second-order valence-corrected chi connectivity index (χ2v) is 7.78. The molecule has 4 nitrogen and oxygen atoms in total. The number of carbonyl (C=O) groups is 2. The van der Waals surface area contributed by atoms with Crippen molar-refractivity contribution in [1.29, 1.82) is 0 Å². The smallest absolute Gasteiger partial charge is 0.336 e. The number of hydrogen-bond acceptors (Lipinski definition) is 4. The molecule has 0 amide bonds. The van der Waals surface area contributed by atoms with Gasteiger partial charge >= 0.3 is 5.97 Å². The summed E-state index contributed by atoms with van der Waals surface area (Å²) in [5.74, 6) is -0.610. The van der Waals surface area contributed by atoms with Gasteiger partial charge < -0.3 is 10.1 Å². The third-order valence-corrected chi connectivity index (χ3v) is 5.50. The molecule has 2 aliphatic rings. The van der Waals surface area contributed by atoms with Crippen molar-refractivity contribution in [3.05, 3.63) is 57.9 Å². The summed E-state index contributed by atoms with van der Waals surface area (Å²) in [6.07, 6.45) is 1.62. The SMILES string of the molecule is CCOC(=O)C1=C(C)NC2=C(C(=O)C(C)(C)CC2)C1c1ccccc1C. The van der Waals surface area contributed by atoms with E-state index in [0.29, 0.717) is 12.2 Å². The molecule has 1 heterocycles. The van der Waals surface area contributed by atoms with Gasteiger partial charge in [0, 0.05) is 28.3 Å². The quantitative estimate of drug-likeness (QED) is 0.829. The first kappa shape index (κ1) is 18.4. The lowest BCUT2D eigenvalue weighted by atomic mass is 9.67. The van der Waals surface area contributed by atoms with Crippen LogP contribution in [0.4, 0.5) is 0 Å². The van der Waals surface area contributed by atoms with Gasteiger partial charge in [-0.2, -0.15) is 0 Å². The zero-order valence-electron chi connectivity index (χ0n) is 16.2. The minimum absolute atomic E-state index is 0.119. The highest BCUT2D eigenvalue weighted by Gasteiger charge is 2.45. The van der Waals surface area contributed by atoms with E-state index >= 15 is 0 Å². The summed E-state index contributed by atoms with van der Waals surface area (Å²) in [4.78, 5) is 26.1. The summed E-state index contributed by atoms with van der Waals surface area (Å²) < 4.78 is 5.34. The van der Waals surface area contributed by atoms with E-state index in [0.717, 1.165) is 40.9 Å². The van der Waals surface area contributed by atoms with E-state index in [-0.39, 0.29) is 17.7 Å². The van der Waals surface area contributed by atoms with Crippen LogP contribution >= 0.6 is 0 Å². The minimum Gasteiger partial charge on any atom is -0.463 e. The fourth-order valence-corrected chi connectivity index (χ4v) is 3.98. The Hall–Kier alpha value is -2.36. The van der Waals surface area contributed by atoms with Crippen LogP contribution in [-0.2, 0) is 14.3 Å². The summed E-state index contributed by atoms with van der Waals surface area (Å²) in [5.41, 5.74) is 4.64. The van der Waals surface area contributed by atoms with Crippen LogP contribution < -0.4 is 5.32 Å². The number of ketones is 1. The molecule has 1 unspecified atom stereocenters. The average molecular weight is 353 g/mol. The highest BCUT2D eigenvalue weighted by Crippen LogP contribution is 2.47. The number of aryl methyl sites for hydroxylation is 1. The van der Waals surface area contributed by atoms with Gasteiger partial charge in [0.15, 0.2) is 5.78 Å². The molecule has 0 radical (unpaired) electrons. The van der Waals surface area contributed by atoms with E-state index in [2.05, 4.69) is 5.32 Å². The first-order valence-corrected chi connectivity index (χ1v) is 9.26. The van der Waals surface area contributed by atoms with Crippen molar-refractivity contribution in [2.24, 2.45) is 5.41 Å². The zero-order chi connectivity index (χ0) is 19.1. The Bertz CT molecular complexity index is 830. The standard InChI is InChI=1S/C22H27NO3/c1-6-26-21(25)17-14(3)23-16-11-12-22(4,5)20(24)19(16)18(17)15-10-8-7-9-13(15)2/h7-10,18,23H,6,11-12H2,1-5H3. The molecule has 3 rings (SSSR count). The van der Waals surface area contributed by atoms with Crippen LogP contribution in [0.1, 0.15) is 57.6 Å². The molecule has 0 aromatic heterocycles. The molecule has 1 aromatic carbocycles. The zero-order valence-corrected chi connectivity index (χ0v) is 16.2. The number of rotatable bonds is 3. The number of dihydropyridines is 1. The van der Waals surface area contributed by atoms with E-state index in [9.17, 15) is 9.59 Å². The van der Waals surface area contributed by atoms with Crippen molar-refractivity contribution in [3.63, 3.8) is 0 Å². The van der Waals surface area contributed by atoms with Crippen molar-refractivity contribution in [2.75, 3.05) is 6.61 Å². The molecule has 0 saturated heterocycles. The lowest BCUT2D eigenvalue weighted by Gasteiger charge is -2.39. The van der Waals surface area contributed by atoms with Crippen molar-refractivity contribution in [2.45, 2.75) is 53.4 Å². The van der Waals surface area contributed by atoms with Gasteiger partial charge in [0.1, 0.15) is 0 Å². The Labute approximate surface area is 155 Å². The summed E-state index contributed by atoms with van der Waals surface area (Å²) in [6, 6.07) is 7.97.